The van der Waals surface area contributed by atoms with Gasteiger partial charge in [0, 0.05) is 34.5 Å². The van der Waals surface area contributed by atoms with Crippen molar-refractivity contribution >= 4 is 47.7 Å². The zero-order valence-corrected chi connectivity index (χ0v) is 21.8. The number of thiol groups is 1. The molecule has 2 aromatic rings. The molecule has 10 nitrogen and oxygen atoms in total. The van der Waals surface area contributed by atoms with Crippen LogP contribution in [-0.2, 0) is 11.3 Å². The lowest BCUT2D eigenvalue weighted by molar-refractivity contribution is -0.124. The third-order valence-corrected chi connectivity index (χ3v) is 8.55. The molecule has 5 rings (SSSR count). The third kappa shape index (κ3) is 4.65. The molecule has 1 saturated heterocycles. The van der Waals surface area contributed by atoms with E-state index in [1.165, 1.54) is 4.90 Å². The highest BCUT2D eigenvalue weighted by molar-refractivity contribution is 8.00. The lowest BCUT2D eigenvalue weighted by Crippen LogP contribution is -2.71. The summed E-state index contributed by atoms with van der Waals surface area (Å²) >= 11 is 6.54. The summed E-state index contributed by atoms with van der Waals surface area (Å²) in [5.74, 6) is 5.66. The lowest BCUT2D eigenvalue weighted by Gasteiger charge is -2.50. The first-order valence-corrected chi connectivity index (χ1v) is 13.2. The van der Waals surface area contributed by atoms with Gasteiger partial charge in [0.15, 0.2) is 6.29 Å². The Bertz CT molecular complexity index is 1190. The molecule has 3 amide bonds. The Kier molecular flexibility index (Phi) is 6.62. The number of anilines is 2. The third-order valence-electron chi connectivity index (χ3n) is 6.91. The highest BCUT2D eigenvalue weighted by atomic mass is 32.2. The van der Waals surface area contributed by atoms with Gasteiger partial charge in [-0.2, -0.15) is 0 Å². The van der Waals surface area contributed by atoms with Gasteiger partial charge >= 0.3 is 6.03 Å². The Morgan fingerprint density at radius 2 is 2.00 bits per heavy atom. The molecule has 3 atom stereocenters. The number of rotatable bonds is 7. The van der Waals surface area contributed by atoms with Gasteiger partial charge in [-0.25, -0.2) is 20.5 Å². The fourth-order valence-electron chi connectivity index (χ4n) is 4.62. The van der Waals surface area contributed by atoms with Crippen molar-refractivity contribution in [3.05, 3.63) is 58.5 Å². The number of nitrogens with two attached hydrogens (primary N) is 1. The minimum atomic E-state index is -0.948. The van der Waals surface area contributed by atoms with Gasteiger partial charge in [0.05, 0.1) is 10.8 Å². The number of hydrazine groups is 1. The number of thioether (sulfide) groups is 1. The molecule has 4 N–H and O–H groups in total. The molecule has 12 heteroatoms. The number of fused-ring (bicyclic) bond motifs is 1. The van der Waals surface area contributed by atoms with Gasteiger partial charge in [-0.05, 0) is 50.5 Å². The van der Waals surface area contributed by atoms with Crippen LogP contribution < -0.4 is 16.5 Å². The van der Waals surface area contributed by atoms with E-state index in [1.54, 1.807) is 11.8 Å². The van der Waals surface area contributed by atoms with Gasteiger partial charge in [0.25, 0.3) is 5.91 Å². The predicted octanol–water partition coefficient (Wildman–Crippen LogP) is 3.95. The largest absolute Gasteiger partial charge is 0.372 e. The Hall–Kier alpha value is -2.80. The molecule has 2 aliphatic heterocycles. The van der Waals surface area contributed by atoms with E-state index in [4.69, 9.17) is 18.5 Å². The van der Waals surface area contributed by atoms with Gasteiger partial charge in [0.2, 0.25) is 0 Å². The number of nitroso groups, excluding NO2 is 1. The lowest BCUT2D eigenvalue weighted by atomic mass is 10.1. The second kappa shape index (κ2) is 9.58. The highest BCUT2D eigenvalue weighted by Crippen LogP contribution is 2.48. The number of hydrogen-bond donors (Lipinski definition) is 4. The van der Waals surface area contributed by atoms with Crippen LogP contribution in [0.5, 0.6) is 0 Å². The Balaban J connectivity index is 1.44. The van der Waals surface area contributed by atoms with Crippen molar-refractivity contribution in [3.63, 3.8) is 0 Å². The van der Waals surface area contributed by atoms with Crippen LogP contribution in [0.25, 0.3) is 0 Å². The molecule has 3 unspecified atom stereocenters. The van der Waals surface area contributed by atoms with Gasteiger partial charge in [-0.3, -0.25) is 9.69 Å². The van der Waals surface area contributed by atoms with Crippen molar-refractivity contribution in [2.75, 3.05) is 17.2 Å². The van der Waals surface area contributed by atoms with Crippen molar-refractivity contribution in [3.8, 4) is 0 Å². The second-order valence-corrected chi connectivity index (χ2v) is 11.5. The van der Waals surface area contributed by atoms with Gasteiger partial charge in [-0.1, -0.05) is 41.6 Å². The second-order valence-electron chi connectivity index (χ2n) is 9.63. The van der Waals surface area contributed by atoms with Gasteiger partial charge in [-0.15, -0.1) is 17.5 Å². The van der Waals surface area contributed by atoms with E-state index in [0.29, 0.717) is 19.4 Å². The first kappa shape index (κ1) is 24.9. The average molecular weight is 528 g/mol. The molecular formula is C24H29N7O3S2. The maximum absolute atomic E-state index is 13.4. The Morgan fingerprint density at radius 1 is 1.28 bits per heavy atom. The quantitative estimate of drug-likeness (QED) is 0.185. The minimum Gasteiger partial charge on any atom is -0.372 e. The molecule has 1 aliphatic carbocycles. The van der Waals surface area contributed by atoms with E-state index in [0.717, 1.165) is 32.4 Å². The number of carbonyl (C=O) groups excluding carboxylic acids is 2. The van der Waals surface area contributed by atoms with Crippen molar-refractivity contribution in [2.45, 2.75) is 55.3 Å². The van der Waals surface area contributed by atoms with E-state index < -0.39 is 29.1 Å². The molecule has 0 bridgehead atoms. The summed E-state index contributed by atoms with van der Waals surface area (Å²) < 4.78 is 0. The first-order chi connectivity index (χ1) is 17.2. The molecule has 0 radical (unpaired) electrons. The molecule has 2 aromatic carbocycles. The number of carbonyl (C=O) groups is 2. The molecule has 2 fully saturated rings. The van der Waals surface area contributed by atoms with E-state index in [2.05, 4.69) is 22.7 Å². The molecular weight excluding hydrogens is 498 g/mol. The molecule has 36 heavy (non-hydrogen) atoms. The fraction of sp³-hybridized carbons (Fsp3) is 0.417. The summed E-state index contributed by atoms with van der Waals surface area (Å²) in [6.45, 7) is 4.59. The summed E-state index contributed by atoms with van der Waals surface area (Å²) in [5.41, 5.74) is 2.39. The van der Waals surface area contributed by atoms with E-state index in [9.17, 15) is 14.5 Å². The summed E-state index contributed by atoms with van der Waals surface area (Å²) in [5, 5.41) is 10.8. The van der Waals surface area contributed by atoms with Crippen LogP contribution >= 0.6 is 24.4 Å². The van der Waals surface area contributed by atoms with Crippen molar-refractivity contribution in [2.24, 2.45) is 16.4 Å². The minimum absolute atomic E-state index is 0.0361. The van der Waals surface area contributed by atoms with Crippen LogP contribution in [0.3, 0.4) is 0 Å². The topological polar surface area (TPSA) is 123 Å². The SMILES string of the molecule is Cc1ccc(CN2C(Nc3ccc4c(c3)SC(C)N4)N(N)C(=O)N(CC3(C(=O)N=O)CC3)C2S)cc1. The molecule has 2 heterocycles. The molecule has 3 aliphatic rings. The maximum atomic E-state index is 13.4. The van der Waals surface area contributed by atoms with Gasteiger partial charge < -0.3 is 10.6 Å². The number of nitrogens with zero attached hydrogens (tertiary/aromatic N) is 4. The van der Waals surface area contributed by atoms with Crippen LogP contribution in [0.15, 0.2) is 52.5 Å². The molecule has 190 valence electrons. The normalized spacial score (nSPS) is 24.8. The summed E-state index contributed by atoms with van der Waals surface area (Å²) in [4.78, 5) is 41.0. The smallest absolute Gasteiger partial charge is 0.339 e. The van der Waals surface area contributed by atoms with E-state index in [1.807, 2.05) is 54.3 Å². The van der Waals surface area contributed by atoms with Crippen LogP contribution in [0, 0.1) is 17.2 Å². The molecule has 0 aromatic heterocycles. The van der Waals surface area contributed by atoms with Crippen LogP contribution in [-0.4, -0.2) is 50.5 Å². The summed E-state index contributed by atoms with van der Waals surface area (Å²) in [7, 11) is 0. The number of nitrogens with one attached hydrogen (secondary N) is 2. The predicted molar refractivity (Wildman–Crippen MR) is 143 cm³/mol. The molecule has 1 saturated carbocycles. The zero-order valence-electron chi connectivity index (χ0n) is 20.0. The first-order valence-electron chi connectivity index (χ1n) is 11.8. The van der Waals surface area contributed by atoms with Crippen LogP contribution in [0.1, 0.15) is 30.9 Å². The number of urea groups is 1. The highest BCUT2D eigenvalue weighted by Gasteiger charge is 2.55. The Morgan fingerprint density at radius 3 is 2.67 bits per heavy atom. The Labute approximate surface area is 219 Å². The standard InChI is InChI=1S/C24H29N7O3S2/c1-14-3-5-16(6-4-14)12-29-21(27-17-7-8-18-19(11-17)36-15(2)26-18)31(25)22(33)30(23(29)35)13-24(9-10-24)20(32)28-34/h3-8,11,15,21,23,26-27,35H,9-10,12-13,25H2,1-2H3. The number of amides is 3. The zero-order chi connectivity index (χ0) is 25.6. The summed E-state index contributed by atoms with van der Waals surface area (Å²) in [6.07, 6.45) is 0.304. The number of aryl methyl sites for hydroxylation is 1. The van der Waals surface area contributed by atoms with Crippen LogP contribution in [0.4, 0.5) is 16.2 Å². The average Bonchev–Trinajstić information content (AvgIpc) is 3.56. The van der Waals surface area contributed by atoms with E-state index in [-0.39, 0.29) is 11.9 Å². The monoisotopic (exact) mass is 527 g/mol. The maximum Gasteiger partial charge on any atom is 0.339 e. The van der Waals surface area contributed by atoms with Crippen molar-refractivity contribution < 1.29 is 9.59 Å². The number of benzene rings is 2. The van der Waals surface area contributed by atoms with E-state index >= 15 is 0 Å². The number of hydrogen-bond acceptors (Lipinski definition) is 9. The van der Waals surface area contributed by atoms with Crippen LogP contribution in [0.2, 0.25) is 0 Å². The van der Waals surface area contributed by atoms with Gasteiger partial charge in [0.1, 0.15) is 5.50 Å². The fourth-order valence-corrected chi connectivity index (χ4v) is 6.03. The summed E-state index contributed by atoms with van der Waals surface area (Å²) in [6, 6.07) is 13.6. The molecule has 0 spiro atoms. The van der Waals surface area contributed by atoms with Crippen molar-refractivity contribution in [1.82, 2.24) is 14.8 Å². The van der Waals surface area contributed by atoms with Crippen molar-refractivity contribution in [1.29, 1.82) is 0 Å².